The van der Waals surface area contributed by atoms with Crippen molar-refractivity contribution in [2.45, 2.75) is 26.3 Å². The fraction of sp³-hybridized carbons (Fsp3) is 0.429. The number of hydrogen-bond donors (Lipinski definition) is 1. The number of imidazole rings is 1. The van der Waals surface area contributed by atoms with Gasteiger partial charge >= 0.3 is 5.97 Å². The predicted octanol–water partition coefficient (Wildman–Crippen LogP) is 3.05. The zero-order chi connectivity index (χ0) is 13.8. The highest BCUT2D eigenvalue weighted by atomic mass is 32.2. The summed E-state index contributed by atoms with van der Waals surface area (Å²) in [5.74, 6) is 1.16. The molecule has 102 valence electrons. The van der Waals surface area contributed by atoms with Crippen molar-refractivity contribution >= 4 is 28.8 Å². The number of hydrogen-bond acceptors (Lipinski definition) is 3. The van der Waals surface area contributed by atoms with Gasteiger partial charge in [-0.25, -0.2) is 9.78 Å². The average molecular weight is 278 g/mol. The van der Waals surface area contributed by atoms with Crippen LogP contribution in [0.15, 0.2) is 18.2 Å². The number of carboxylic acid groups (broad SMARTS) is 1. The molecule has 0 amide bonds. The Morgan fingerprint density at radius 1 is 1.47 bits per heavy atom. The lowest BCUT2D eigenvalue weighted by Gasteiger charge is -2.07. The van der Waals surface area contributed by atoms with Crippen molar-refractivity contribution in [2.75, 3.05) is 12.0 Å². The van der Waals surface area contributed by atoms with Crippen LogP contribution in [0.5, 0.6) is 0 Å². The van der Waals surface area contributed by atoms with E-state index >= 15 is 0 Å². The highest BCUT2D eigenvalue weighted by Crippen LogP contribution is 2.20. The Morgan fingerprint density at radius 3 is 2.89 bits per heavy atom. The Hall–Kier alpha value is -1.49. The molecular weight excluding hydrogens is 260 g/mol. The third-order valence-corrected chi connectivity index (χ3v) is 3.66. The molecule has 0 aliphatic carbocycles. The van der Waals surface area contributed by atoms with E-state index in [4.69, 9.17) is 5.11 Å². The Balaban J connectivity index is 2.52. The van der Waals surface area contributed by atoms with Crippen LogP contribution in [0.25, 0.3) is 11.0 Å². The maximum absolute atomic E-state index is 11.1. The molecule has 0 aliphatic heterocycles. The second-order valence-electron chi connectivity index (χ2n) is 4.43. The van der Waals surface area contributed by atoms with E-state index in [1.165, 1.54) is 0 Å². The van der Waals surface area contributed by atoms with Gasteiger partial charge in [-0.2, -0.15) is 11.8 Å². The Kier molecular flexibility index (Phi) is 4.47. The third-order valence-electron chi connectivity index (χ3n) is 3.07. The van der Waals surface area contributed by atoms with Crippen molar-refractivity contribution in [3.05, 3.63) is 29.6 Å². The molecule has 0 atom stereocenters. The molecular formula is C14H18N2O2S. The van der Waals surface area contributed by atoms with Gasteiger partial charge in [-0.3, -0.25) is 0 Å². The standard InChI is InChI=1S/C14H18N2O2S/c1-3-4-13-15-11-6-5-10(14(17)18)9-12(11)16(13)7-8-19-2/h5-6,9H,3-4,7-8H2,1-2H3,(H,17,18). The highest BCUT2D eigenvalue weighted by Gasteiger charge is 2.12. The number of thioether (sulfide) groups is 1. The number of aromatic carboxylic acids is 1. The number of carbonyl (C=O) groups is 1. The summed E-state index contributed by atoms with van der Waals surface area (Å²) in [5, 5.41) is 9.09. The highest BCUT2D eigenvalue weighted by molar-refractivity contribution is 7.98. The first-order valence-electron chi connectivity index (χ1n) is 6.38. The summed E-state index contributed by atoms with van der Waals surface area (Å²) in [6.45, 7) is 3.00. The Labute approximate surface area is 116 Å². The first kappa shape index (κ1) is 13.9. The van der Waals surface area contributed by atoms with Gasteiger partial charge in [0.05, 0.1) is 16.6 Å². The van der Waals surface area contributed by atoms with E-state index in [0.29, 0.717) is 5.56 Å². The molecule has 0 saturated carbocycles. The van der Waals surface area contributed by atoms with Crippen LogP contribution in [0, 0.1) is 0 Å². The van der Waals surface area contributed by atoms with Gasteiger partial charge in [-0.05, 0) is 30.9 Å². The van der Waals surface area contributed by atoms with E-state index in [1.54, 1.807) is 30.0 Å². The summed E-state index contributed by atoms with van der Waals surface area (Å²) in [7, 11) is 0. The van der Waals surface area contributed by atoms with Crippen LogP contribution in [-0.4, -0.2) is 32.6 Å². The van der Waals surface area contributed by atoms with Crippen molar-refractivity contribution in [1.29, 1.82) is 0 Å². The Morgan fingerprint density at radius 2 is 2.26 bits per heavy atom. The summed E-state index contributed by atoms with van der Waals surface area (Å²) >= 11 is 1.78. The number of nitrogens with zero attached hydrogens (tertiary/aromatic N) is 2. The van der Waals surface area contributed by atoms with Crippen LogP contribution in [0.3, 0.4) is 0 Å². The topological polar surface area (TPSA) is 55.1 Å². The molecule has 1 aromatic carbocycles. The van der Waals surface area contributed by atoms with E-state index in [9.17, 15) is 4.79 Å². The number of rotatable bonds is 6. The van der Waals surface area contributed by atoms with Crippen LogP contribution in [-0.2, 0) is 13.0 Å². The van der Waals surface area contributed by atoms with E-state index < -0.39 is 5.97 Å². The quantitative estimate of drug-likeness (QED) is 0.882. The number of fused-ring (bicyclic) bond motifs is 1. The van der Waals surface area contributed by atoms with Gasteiger partial charge in [0.1, 0.15) is 5.82 Å². The molecule has 0 aliphatic rings. The van der Waals surface area contributed by atoms with Gasteiger partial charge in [0, 0.05) is 18.7 Å². The minimum atomic E-state index is -0.892. The summed E-state index contributed by atoms with van der Waals surface area (Å²) in [6.07, 6.45) is 4.03. The lowest BCUT2D eigenvalue weighted by molar-refractivity contribution is 0.0697. The van der Waals surface area contributed by atoms with Gasteiger partial charge in [0.25, 0.3) is 0 Å². The molecule has 2 rings (SSSR count). The van der Waals surface area contributed by atoms with Crippen LogP contribution < -0.4 is 0 Å². The lowest BCUT2D eigenvalue weighted by atomic mass is 10.2. The minimum Gasteiger partial charge on any atom is -0.478 e. The summed E-state index contributed by atoms with van der Waals surface area (Å²) in [4.78, 5) is 15.7. The molecule has 1 N–H and O–H groups in total. The first-order chi connectivity index (χ1) is 9.17. The molecule has 0 saturated heterocycles. The van der Waals surface area contributed by atoms with Gasteiger partial charge in [-0.1, -0.05) is 6.92 Å². The SMILES string of the molecule is CCCc1nc2ccc(C(=O)O)cc2n1CCSC. The molecule has 0 spiro atoms. The minimum absolute atomic E-state index is 0.320. The average Bonchev–Trinajstić information content (AvgIpc) is 2.73. The first-order valence-corrected chi connectivity index (χ1v) is 7.78. The monoisotopic (exact) mass is 278 g/mol. The van der Waals surface area contributed by atoms with Crippen molar-refractivity contribution in [2.24, 2.45) is 0 Å². The van der Waals surface area contributed by atoms with Gasteiger partial charge < -0.3 is 9.67 Å². The lowest BCUT2D eigenvalue weighted by Crippen LogP contribution is -2.06. The molecule has 5 heteroatoms. The number of aromatic nitrogens is 2. The second-order valence-corrected chi connectivity index (χ2v) is 5.42. The van der Waals surface area contributed by atoms with Crippen molar-refractivity contribution in [3.63, 3.8) is 0 Å². The van der Waals surface area contributed by atoms with Crippen LogP contribution in [0.1, 0.15) is 29.5 Å². The zero-order valence-electron chi connectivity index (χ0n) is 11.2. The van der Waals surface area contributed by atoms with Crippen molar-refractivity contribution < 1.29 is 9.90 Å². The third kappa shape index (κ3) is 2.92. The molecule has 0 bridgehead atoms. The Bertz CT molecular complexity index is 592. The van der Waals surface area contributed by atoms with Crippen molar-refractivity contribution in [3.8, 4) is 0 Å². The number of carboxylic acids is 1. The molecule has 1 aromatic heterocycles. The predicted molar refractivity (Wildman–Crippen MR) is 79.1 cm³/mol. The van der Waals surface area contributed by atoms with Crippen LogP contribution in [0.2, 0.25) is 0 Å². The van der Waals surface area contributed by atoms with E-state index in [1.807, 2.05) is 0 Å². The fourth-order valence-electron chi connectivity index (χ4n) is 2.15. The summed E-state index contributed by atoms with van der Waals surface area (Å²) in [5.41, 5.74) is 2.13. The number of aryl methyl sites for hydroxylation is 2. The largest absolute Gasteiger partial charge is 0.478 e. The van der Waals surface area contributed by atoms with E-state index in [-0.39, 0.29) is 0 Å². The zero-order valence-corrected chi connectivity index (χ0v) is 12.0. The van der Waals surface area contributed by atoms with Crippen molar-refractivity contribution in [1.82, 2.24) is 9.55 Å². The van der Waals surface area contributed by atoms with Crippen LogP contribution >= 0.6 is 11.8 Å². The molecule has 0 unspecified atom stereocenters. The molecule has 0 fully saturated rings. The normalized spacial score (nSPS) is 11.1. The van der Waals surface area contributed by atoms with E-state index in [0.717, 1.165) is 42.0 Å². The van der Waals surface area contributed by atoms with Gasteiger partial charge in [-0.15, -0.1) is 0 Å². The van der Waals surface area contributed by atoms with E-state index in [2.05, 4.69) is 22.7 Å². The fourth-order valence-corrected chi connectivity index (χ4v) is 2.52. The molecule has 19 heavy (non-hydrogen) atoms. The smallest absolute Gasteiger partial charge is 0.335 e. The van der Waals surface area contributed by atoms with Gasteiger partial charge in [0.2, 0.25) is 0 Å². The summed E-state index contributed by atoms with van der Waals surface area (Å²) in [6, 6.07) is 5.14. The molecule has 0 radical (unpaired) electrons. The maximum Gasteiger partial charge on any atom is 0.335 e. The maximum atomic E-state index is 11.1. The summed E-state index contributed by atoms with van der Waals surface area (Å²) < 4.78 is 2.15. The molecule has 1 heterocycles. The molecule has 2 aromatic rings. The second kappa shape index (κ2) is 6.10. The van der Waals surface area contributed by atoms with Crippen LogP contribution in [0.4, 0.5) is 0 Å². The molecule has 4 nitrogen and oxygen atoms in total. The van der Waals surface area contributed by atoms with Gasteiger partial charge in [0.15, 0.2) is 0 Å². The number of benzene rings is 1.